The zero-order valence-corrected chi connectivity index (χ0v) is 21.3. The molecule has 10 heteroatoms. The summed E-state index contributed by atoms with van der Waals surface area (Å²) in [6.07, 6.45) is 0. The molecule has 1 aliphatic heterocycles. The van der Waals surface area contributed by atoms with Gasteiger partial charge in [-0.3, -0.25) is 9.69 Å². The molecule has 2 aromatic heterocycles. The number of aryl methyl sites for hydroxylation is 2. The molecule has 0 aliphatic carbocycles. The average Bonchev–Trinajstić information content (AvgIpc) is 3.29. The van der Waals surface area contributed by atoms with Crippen LogP contribution in [0.3, 0.4) is 0 Å². The number of methoxy groups -OCH3 is 1. The Kier molecular flexibility index (Phi) is 6.71. The summed E-state index contributed by atoms with van der Waals surface area (Å²) in [6, 6.07) is 15.1. The Hall–Kier alpha value is -3.76. The van der Waals surface area contributed by atoms with Gasteiger partial charge in [0, 0.05) is 44.4 Å². The first-order valence-corrected chi connectivity index (χ1v) is 12.6. The zero-order chi connectivity index (χ0) is 25.2. The van der Waals surface area contributed by atoms with Gasteiger partial charge in [0.15, 0.2) is 0 Å². The Morgan fingerprint density at radius 3 is 2.61 bits per heavy atom. The Morgan fingerprint density at radius 1 is 1.08 bits per heavy atom. The number of ether oxygens (including phenoxy) is 1. The predicted molar refractivity (Wildman–Crippen MR) is 141 cm³/mol. The highest BCUT2D eigenvalue weighted by atomic mass is 32.1. The highest BCUT2D eigenvalue weighted by Gasteiger charge is 2.23. The molecule has 9 nitrogen and oxygen atoms in total. The summed E-state index contributed by atoms with van der Waals surface area (Å²) in [5, 5.41) is 8.24. The number of rotatable bonds is 5. The van der Waals surface area contributed by atoms with E-state index in [1.54, 1.807) is 18.1 Å². The number of benzene rings is 2. The summed E-state index contributed by atoms with van der Waals surface area (Å²) in [5.74, 6) is 0.633. The van der Waals surface area contributed by atoms with Crippen LogP contribution < -0.4 is 15.6 Å². The molecule has 2 amide bonds. The van der Waals surface area contributed by atoms with E-state index in [-0.39, 0.29) is 11.6 Å². The van der Waals surface area contributed by atoms with Crippen LogP contribution in [0.5, 0.6) is 5.75 Å². The maximum atomic E-state index is 12.8. The number of anilines is 1. The number of amides is 2. The summed E-state index contributed by atoms with van der Waals surface area (Å²) in [7, 11) is 1.59. The van der Waals surface area contributed by atoms with E-state index in [2.05, 4.69) is 15.3 Å². The number of carbonyl (C=O) groups excluding carboxylic acids is 1. The van der Waals surface area contributed by atoms with E-state index in [0.29, 0.717) is 54.8 Å². The van der Waals surface area contributed by atoms with Crippen molar-refractivity contribution in [2.75, 3.05) is 38.6 Å². The normalized spacial score (nSPS) is 14.2. The maximum absolute atomic E-state index is 12.8. The molecular formula is C26H28N6O3S. The lowest BCUT2D eigenvalue weighted by molar-refractivity contribution is 0.142. The molecule has 0 atom stereocenters. The number of aromatic nitrogens is 3. The lowest BCUT2D eigenvalue weighted by Crippen LogP contribution is -2.49. The third-order valence-electron chi connectivity index (χ3n) is 6.32. The first-order valence-electron chi connectivity index (χ1n) is 11.8. The van der Waals surface area contributed by atoms with E-state index in [4.69, 9.17) is 9.72 Å². The monoisotopic (exact) mass is 504 g/mol. The van der Waals surface area contributed by atoms with Crippen molar-refractivity contribution < 1.29 is 9.53 Å². The molecule has 0 saturated carbocycles. The van der Waals surface area contributed by atoms with Crippen LogP contribution >= 0.6 is 11.3 Å². The Labute approximate surface area is 213 Å². The molecule has 0 radical (unpaired) electrons. The highest BCUT2D eigenvalue weighted by Crippen LogP contribution is 2.27. The van der Waals surface area contributed by atoms with Gasteiger partial charge in [0.05, 0.1) is 18.5 Å². The van der Waals surface area contributed by atoms with Crippen LogP contribution in [0.25, 0.3) is 15.5 Å². The quantitative estimate of drug-likeness (QED) is 0.445. The Bertz CT molecular complexity index is 1470. The summed E-state index contributed by atoms with van der Waals surface area (Å²) in [6.45, 7) is 7.09. The number of urea groups is 1. The number of nitrogens with zero attached hydrogens (tertiary/aromatic N) is 5. The van der Waals surface area contributed by atoms with Gasteiger partial charge in [-0.25, -0.2) is 9.78 Å². The van der Waals surface area contributed by atoms with Crippen molar-refractivity contribution in [3.05, 3.63) is 75.7 Å². The lowest BCUT2D eigenvalue weighted by Gasteiger charge is -2.34. The fraction of sp³-hybridized carbons (Fsp3) is 0.308. The highest BCUT2D eigenvalue weighted by molar-refractivity contribution is 7.19. The molecule has 186 valence electrons. The summed E-state index contributed by atoms with van der Waals surface area (Å²) < 4.78 is 6.74. The smallest absolute Gasteiger partial charge is 0.322 e. The van der Waals surface area contributed by atoms with Crippen molar-refractivity contribution in [1.82, 2.24) is 24.4 Å². The van der Waals surface area contributed by atoms with E-state index in [1.165, 1.54) is 15.9 Å². The number of hydrogen-bond acceptors (Lipinski definition) is 7. The molecule has 36 heavy (non-hydrogen) atoms. The fourth-order valence-corrected chi connectivity index (χ4v) is 5.33. The van der Waals surface area contributed by atoms with Crippen molar-refractivity contribution >= 4 is 28.0 Å². The van der Waals surface area contributed by atoms with E-state index in [0.717, 1.165) is 21.7 Å². The van der Waals surface area contributed by atoms with Crippen molar-refractivity contribution in [3.8, 4) is 16.3 Å². The third-order valence-corrected chi connectivity index (χ3v) is 7.26. The first-order chi connectivity index (χ1) is 17.4. The summed E-state index contributed by atoms with van der Waals surface area (Å²) in [4.78, 5) is 34.9. The predicted octanol–water partition coefficient (Wildman–Crippen LogP) is 3.79. The standard InChI is InChI=1S/C26H28N6O3S/c1-17-8-9-22(35-3)21(14-17)28-25(34)31-12-10-30(11-13-31)16-19-15-23(33)32-26(27-19)36-24(29-32)20-7-5-4-6-18(20)2/h4-9,14-15H,10-13,16H2,1-3H3,(H,28,34). The van der Waals surface area contributed by atoms with Crippen LogP contribution in [0.15, 0.2) is 53.3 Å². The van der Waals surface area contributed by atoms with E-state index < -0.39 is 0 Å². The number of nitrogens with one attached hydrogen (secondary N) is 1. The maximum Gasteiger partial charge on any atom is 0.322 e. The van der Waals surface area contributed by atoms with Crippen LogP contribution in [0, 0.1) is 13.8 Å². The van der Waals surface area contributed by atoms with E-state index in [9.17, 15) is 9.59 Å². The van der Waals surface area contributed by atoms with Crippen LogP contribution in [0.1, 0.15) is 16.8 Å². The van der Waals surface area contributed by atoms with Gasteiger partial charge in [-0.15, -0.1) is 0 Å². The molecule has 0 unspecified atom stereocenters. The third kappa shape index (κ3) is 4.95. The molecule has 4 aromatic rings. The topological polar surface area (TPSA) is 92.1 Å². The van der Waals surface area contributed by atoms with E-state index in [1.807, 2.05) is 56.3 Å². The number of piperazine rings is 1. The fourth-order valence-electron chi connectivity index (χ4n) is 4.31. The van der Waals surface area contributed by atoms with Gasteiger partial charge < -0.3 is 15.0 Å². The first kappa shape index (κ1) is 24.0. The molecule has 1 aliphatic rings. The zero-order valence-electron chi connectivity index (χ0n) is 20.5. The summed E-state index contributed by atoms with van der Waals surface area (Å²) in [5.41, 5.74) is 4.35. The largest absolute Gasteiger partial charge is 0.495 e. The molecule has 0 spiro atoms. The molecule has 1 N–H and O–H groups in total. The minimum absolute atomic E-state index is 0.148. The second-order valence-electron chi connectivity index (χ2n) is 8.90. The van der Waals surface area contributed by atoms with Crippen molar-refractivity contribution in [2.24, 2.45) is 0 Å². The number of carbonyl (C=O) groups is 1. The van der Waals surface area contributed by atoms with Gasteiger partial charge in [0.25, 0.3) is 5.56 Å². The van der Waals surface area contributed by atoms with Crippen LogP contribution in [-0.4, -0.2) is 63.7 Å². The van der Waals surface area contributed by atoms with Crippen LogP contribution in [0.4, 0.5) is 10.5 Å². The minimum atomic E-state index is -0.184. The van der Waals surface area contributed by atoms with Crippen LogP contribution in [0.2, 0.25) is 0 Å². The molecule has 1 saturated heterocycles. The lowest BCUT2D eigenvalue weighted by atomic mass is 10.1. The molecule has 1 fully saturated rings. The molecular weight excluding hydrogens is 476 g/mol. The van der Waals surface area contributed by atoms with Gasteiger partial charge >= 0.3 is 6.03 Å². The van der Waals surface area contributed by atoms with Gasteiger partial charge in [0.1, 0.15) is 10.8 Å². The van der Waals surface area contributed by atoms with Gasteiger partial charge in [-0.05, 0) is 37.1 Å². The molecule has 0 bridgehead atoms. The number of fused-ring (bicyclic) bond motifs is 1. The average molecular weight is 505 g/mol. The van der Waals surface area contributed by atoms with Gasteiger partial charge in [-0.2, -0.15) is 9.61 Å². The molecule has 2 aromatic carbocycles. The number of hydrogen-bond donors (Lipinski definition) is 1. The second-order valence-corrected chi connectivity index (χ2v) is 9.86. The van der Waals surface area contributed by atoms with Crippen molar-refractivity contribution in [1.29, 1.82) is 0 Å². The van der Waals surface area contributed by atoms with Gasteiger partial charge in [-0.1, -0.05) is 41.7 Å². The molecule has 5 rings (SSSR count). The van der Waals surface area contributed by atoms with E-state index >= 15 is 0 Å². The Morgan fingerprint density at radius 2 is 1.86 bits per heavy atom. The van der Waals surface area contributed by atoms with Gasteiger partial charge in [0.2, 0.25) is 4.96 Å². The van der Waals surface area contributed by atoms with Crippen molar-refractivity contribution in [2.45, 2.75) is 20.4 Å². The molecule has 3 heterocycles. The minimum Gasteiger partial charge on any atom is -0.495 e. The Balaban J connectivity index is 1.24. The SMILES string of the molecule is COc1ccc(C)cc1NC(=O)N1CCN(Cc2cc(=O)n3nc(-c4ccccc4C)sc3n2)CC1. The van der Waals surface area contributed by atoms with Crippen LogP contribution in [-0.2, 0) is 6.54 Å². The summed E-state index contributed by atoms with van der Waals surface area (Å²) >= 11 is 1.41. The second kappa shape index (κ2) is 10.1. The van der Waals surface area contributed by atoms with Crippen molar-refractivity contribution in [3.63, 3.8) is 0 Å².